The summed E-state index contributed by atoms with van der Waals surface area (Å²) in [4.78, 5) is 12.2. The number of nitrogens with two attached hydrogens (primary N) is 1. The van der Waals surface area contributed by atoms with E-state index in [-0.39, 0.29) is 11.7 Å². The molecule has 0 fully saturated rings. The van der Waals surface area contributed by atoms with Crippen molar-refractivity contribution in [3.8, 4) is 0 Å². The van der Waals surface area contributed by atoms with Gasteiger partial charge in [0.25, 0.3) is 0 Å². The summed E-state index contributed by atoms with van der Waals surface area (Å²) in [5.74, 6) is 0.184. The van der Waals surface area contributed by atoms with Crippen molar-refractivity contribution in [2.24, 2.45) is 11.7 Å². The zero-order valence-corrected chi connectivity index (χ0v) is 10.9. The molecule has 17 heavy (non-hydrogen) atoms. The Bertz CT molecular complexity index is 360. The maximum Gasteiger partial charge on any atom is 0.167 e. The number of rotatable bonds is 7. The molecule has 94 valence electrons. The predicted octanol–water partition coefficient (Wildman–Crippen LogP) is 3.20. The largest absolute Gasteiger partial charge is 0.330 e. The monoisotopic (exact) mass is 233 g/mol. The van der Waals surface area contributed by atoms with Crippen LogP contribution in [0.15, 0.2) is 24.3 Å². The van der Waals surface area contributed by atoms with Crippen molar-refractivity contribution in [1.29, 1.82) is 0 Å². The first-order chi connectivity index (χ1) is 8.22. The number of aryl methyl sites for hydroxylation is 1. The van der Waals surface area contributed by atoms with Gasteiger partial charge >= 0.3 is 0 Å². The molecule has 1 atom stereocenters. The lowest BCUT2D eigenvalue weighted by atomic mass is 9.92. The van der Waals surface area contributed by atoms with Gasteiger partial charge in [0.15, 0.2) is 5.78 Å². The van der Waals surface area contributed by atoms with Crippen molar-refractivity contribution < 1.29 is 4.79 Å². The minimum atomic E-state index is -0.0168. The highest BCUT2D eigenvalue weighted by molar-refractivity contribution is 5.98. The molecule has 0 amide bonds. The lowest BCUT2D eigenvalue weighted by Crippen LogP contribution is -2.23. The minimum Gasteiger partial charge on any atom is -0.330 e. The average Bonchev–Trinajstić information content (AvgIpc) is 2.36. The van der Waals surface area contributed by atoms with Crippen LogP contribution >= 0.6 is 0 Å². The normalized spacial score (nSPS) is 12.4. The van der Waals surface area contributed by atoms with Crippen LogP contribution in [0.2, 0.25) is 0 Å². The van der Waals surface area contributed by atoms with Crippen molar-refractivity contribution in [2.75, 3.05) is 6.54 Å². The van der Waals surface area contributed by atoms with Crippen molar-refractivity contribution in [3.05, 3.63) is 35.4 Å². The maximum absolute atomic E-state index is 12.2. The summed E-state index contributed by atoms with van der Waals surface area (Å²) in [5, 5.41) is 0. The molecule has 0 spiro atoms. The van der Waals surface area contributed by atoms with Gasteiger partial charge < -0.3 is 5.73 Å². The van der Waals surface area contributed by atoms with E-state index in [1.165, 1.54) is 5.56 Å². The molecule has 1 unspecified atom stereocenters. The van der Waals surface area contributed by atoms with Gasteiger partial charge in [-0.25, -0.2) is 0 Å². The third kappa shape index (κ3) is 3.97. The summed E-state index contributed by atoms with van der Waals surface area (Å²) in [6.45, 7) is 4.68. The van der Waals surface area contributed by atoms with Crippen LogP contribution in [0, 0.1) is 5.92 Å². The van der Waals surface area contributed by atoms with Crippen LogP contribution in [0.4, 0.5) is 0 Å². The van der Waals surface area contributed by atoms with Crippen LogP contribution in [-0.2, 0) is 6.42 Å². The van der Waals surface area contributed by atoms with Gasteiger partial charge in [-0.3, -0.25) is 4.79 Å². The van der Waals surface area contributed by atoms with Crippen LogP contribution in [0.25, 0.3) is 0 Å². The van der Waals surface area contributed by atoms with E-state index in [9.17, 15) is 4.79 Å². The van der Waals surface area contributed by atoms with Crippen LogP contribution in [0.1, 0.15) is 49.0 Å². The fourth-order valence-electron chi connectivity index (χ4n) is 2.11. The van der Waals surface area contributed by atoms with Gasteiger partial charge in [0.1, 0.15) is 0 Å². The number of carbonyl (C=O) groups excluding carboxylic acids is 1. The highest BCUT2D eigenvalue weighted by Crippen LogP contribution is 2.15. The first-order valence-electron chi connectivity index (χ1n) is 6.56. The number of ketones is 1. The third-order valence-corrected chi connectivity index (χ3v) is 3.04. The van der Waals surface area contributed by atoms with Gasteiger partial charge in [-0.2, -0.15) is 0 Å². The fraction of sp³-hybridized carbons (Fsp3) is 0.533. The van der Waals surface area contributed by atoms with Gasteiger partial charge in [-0.15, -0.1) is 0 Å². The zero-order chi connectivity index (χ0) is 12.7. The van der Waals surface area contributed by atoms with Crippen molar-refractivity contribution in [1.82, 2.24) is 0 Å². The van der Waals surface area contributed by atoms with Crippen molar-refractivity contribution in [2.45, 2.75) is 39.5 Å². The third-order valence-electron chi connectivity index (χ3n) is 3.04. The average molecular weight is 233 g/mol. The Morgan fingerprint density at radius 2 is 2.06 bits per heavy atom. The molecule has 0 radical (unpaired) electrons. The Labute approximate surface area is 104 Å². The second-order valence-corrected chi connectivity index (χ2v) is 4.54. The number of hydrogen-bond acceptors (Lipinski definition) is 2. The van der Waals surface area contributed by atoms with Crippen LogP contribution in [-0.4, -0.2) is 12.3 Å². The fourth-order valence-corrected chi connectivity index (χ4v) is 2.11. The molecule has 0 saturated carbocycles. The molecule has 0 aliphatic heterocycles. The molecule has 0 aromatic heterocycles. The van der Waals surface area contributed by atoms with E-state index in [0.717, 1.165) is 31.2 Å². The molecule has 2 N–H and O–H groups in total. The van der Waals surface area contributed by atoms with Crippen molar-refractivity contribution >= 4 is 5.78 Å². The summed E-state index contributed by atoms with van der Waals surface area (Å²) in [6.07, 6.45) is 4.02. The van der Waals surface area contributed by atoms with E-state index in [2.05, 4.69) is 19.9 Å². The highest BCUT2D eigenvalue weighted by atomic mass is 16.1. The molecule has 1 aromatic carbocycles. The summed E-state index contributed by atoms with van der Waals surface area (Å²) in [5.41, 5.74) is 7.73. The second-order valence-electron chi connectivity index (χ2n) is 4.54. The minimum absolute atomic E-state index is 0.0168. The Morgan fingerprint density at radius 3 is 2.65 bits per heavy atom. The van der Waals surface area contributed by atoms with E-state index < -0.39 is 0 Å². The van der Waals surface area contributed by atoms with Gasteiger partial charge in [0.2, 0.25) is 0 Å². The SMILES string of the molecule is CCCc1cccc(C(=O)C(CN)CCC)c1. The first kappa shape index (κ1) is 13.9. The number of carbonyl (C=O) groups is 1. The van der Waals surface area contributed by atoms with Gasteiger partial charge in [0, 0.05) is 18.0 Å². The predicted molar refractivity (Wildman–Crippen MR) is 72.2 cm³/mol. The standard InChI is InChI=1S/C15H23NO/c1-3-6-12-8-5-9-13(10-12)15(17)14(11-16)7-4-2/h5,8-10,14H,3-4,6-7,11,16H2,1-2H3. The molecule has 0 aliphatic carbocycles. The smallest absolute Gasteiger partial charge is 0.167 e. The zero-order valence-electron chi connectivity index (χ0n) is 10.9. The molecule has 1 rings (SSSR count). The van der Waals surface area contributed by atoms with Gasteiger partial charge in [-0.05, 0) is 24.5 Å². The maximum atomic E-state index is 12.2. The molecule has 0 saturated heterocycles. The molecule has 1 aromatic rings. The summed E-state index contributed by atoms with van der Waals surface area (Å²) >= 11 is 0. The number of Topliss-reactive ketones (excluding diaryl/α,β-unsaturated/α-hetero) is 1. The van der Waals surface area contributed by atoms with Crippen LogP contribution in [0.3, 0.4) is 0 Å². The quantitative estimate of drug-likeness (QED) is 0.735. The van der Waals surface area contributed by atoms with Gasteiger partial charge in [0.05, 0.1) is 0 Å². The molecule has 0 bridgehead atoms. The molecular formula is C15H23NO. The number of hydrogen-bond donors (Lipinski definition) is 1. The van der Waals surface area contributed by atoms with E-state index in [1.54, 1.807) is 0 Å². The summed E-state index contributed by atoms with van der Waals surface area (Å²) in [6, 6.07) is 7.97. The van der Waals surface area contributed by atoms with Gasteiger partial charge in [-0.1, -0.05) is 44.9 Å². The molecule has 0 heterocycles. The lowest BCUT2D eigenvalue weighted by molar-refractivity contribution is 0.0917. The topological polar surface area (TPSA) is 43.1 Å². The van der Waals surface area contributed by atoms with E-state index in [4.69, 9.17) is 5.73 Å². The Kier molecular flexibility index (Phi) is 5.92. The summed E-state index contributed by atoms with van der Waals surface area (Å²) < 4.78 is 0. The van der Waals surface area contributed by atoms with Crippen molar-refractivity contribution in [3.63, 3.8) is 0 Å². The molecule has 2 nitrogen and oxygen atoms in total. The lowest BCUT2D eigenvalue weighted by Gasteiger charge is -2.13. The molecule has 0 aliphatic rings. The molecular weight excluding hydrogens is 210 g/mol. The second kappa shape index (κ2) is 7.23. The Morgan fingerprint density at radius 1 is 1.29 bits per heavy atom. The summed E-state index contributed by atoms with van der Waals surface area (Å²) in [7, 11) is 0. The van der Waals surface area contributed by atoms with Crippen LogP contribution < -0.4 is 5.73 Å². The number of benzene rings is 1. The van der Waals surface area contributed by atoms with Crippen LogP contribution in [0.5, 0.6) is 0 Å². The Hall–Kier alpha value is -1.15. The van der Waals surface area contributed by atoms with E-state index in [1.807, 2.05) is 18.2 Å². The highest BCUT2D eigenvalue weighted by Gasteiger charge is 2.17. The van der Waals surface area contributed by atoms with E-state index in [0.29, 0.717) is 6.54 Å². The Balaban J connectivity index is 2.83. The first-order valence-corrected chi connectivity index (χ1v) is 6.56. The van der Waals surface area contributed by atoms with E-state index >= 15 is 0 Å². The molecule has 2 heteroatoms.